The fourth-order valence-electron chi connectivity index (χ4n) is 1.37. The fourth-order valence-corrected chi connectivity index (χ4v) is 1.72. The number of carbonyl (C=O) groups excluding carboxylic acids is 1. The molecule has 1 heterocycles. The SMILES string of the molecule is O=C(CCn1cncn1)Nc1cc(F)ccc1Br. The highest BCUT2D eigenvalue weighted by molar-refractivity contribution is 9.10. The van der Waals surface area contributed by atoms with Crippen molar-refractivity contribution >= 4 is 27.5 Å². The number of halogens is 2. The third kappa shape index (κ3) is 3.36. The van der Waals surface area contributed by atoms with Gasteiger partial charge in [0.25, 0.3) is 0 Å². The summed E-state index contributed by atoms with van der Waals surface area (Å²) in [6.45, 7) is 0.429. The molecule has 0 spiro atoms. The van der Waals surface area contributed by atoms with Crippen molar-refractivity contribution < 1.29 is 9.18 Å². The van der Waals surface area contributed by atoms with Crippen LogP contribution in [0.3, 0.4) is 0 Å². The van der Waals surface area contributed by atoms with E-state index < -0.39 is 5.82 Å². The number of rotatable bonds is 4. The van der Waals surface area contributed by atoms with E-state index in [1.165, 1.54) is 24.8 Å². The first kappa shape index (κ1) is 12.7. The van der Waals surface area contributed by atoms with E-state index in [9.17, 15) is 9.18 Å². The Labute approximate surface area is 111 Å². The van der Waals surface area contributed by atoms with Crippen molar-refractivity contribution in [3.63, 3.8) is 0 Å². The summed E-state index contributed by atoms with van der Waals surface area (Å²) in [4.78, 5) is 15.4. The minimum Gasteiger partial charge on any atom is -0.325 e. The van der Waals surface area contributed by atoms with Crippen LogP contribution in [0.15, 0.2) is 35.3 Å². The summed E-state index contributed by atoms with van der Waals surface area (Å²) in [5, 5.41) is 6.51. The zero-order valence-corrected chi connectivity index (χ0v) is 10.9. The topological polar surface area (TPSA) is 59.8 Å². The molecule has 0 aliphatic heterocycles. The summed E-state index contributed by atoms with van der Waals surface area (Å²) in [6.07, 6.45) is 3.18. The third-order valence-electron chi connectivity index (χ3n) is 2.24. The van der Waals surface area contributed by atoms with Crippen LogP contribution >= 0.6 is 15.9 Å². The van der Waals surface area contributed by atoms with Crippen LogP contribution in [0, 0.1) is 5.82 Å². The van der Waals surface area contributed by atoms with Crippen LogP contribution in [0.5, 0.6) is 0 Å². The van der Waals surface area contributed by atoms with E-state index in [2.05, 4.69) is 31.3 Å². The van der Waals surface area contributed by atoms with E-state index in [-0.39, 0.29) is 12.3 Å². The number of anilines is 1. The molecule has 1 amide bonds. The fraction of sp³-hybridized carbons (Fsp3) is 0.182. The van der Waals surface area contributed by atoms with E-state index in [0.29, 0.717) is 16.7 Å². The first-order valence-electron chi connectivity index (χ1n) is 5.22. The van der Waals surface area contributed by atoms with Crippen LogP contribution in [0.2, 0.25) is 0 Å². The lowest BCUT2D eigenvalue weighted by Crippen LogP contribution is -2.15. The molecule has 0 fully saturated rings. The summed E-state index contributed by atoms with van der Waals surface area (Å²) < 4.78 is 15.2. The van der Waals surface area contributed by atoms with Gasteiger partial charge in [0.05, 0.1) is 12.2 Å². The maximum atomic E-state index is 13.0. The molecule has 0 saturated carbocycles. The average molecular weight is 313 g/mol. The highest BCUT2D eigenvalue weighted by Crippen LogP contribution is 2.23. The van der Waals surface area contributed by atoms with Crippen molar-refractivity contribution in [2.24, 2.45) is 0 Å². The number of benzene rings is 1. The van der Waals surface area contributed by atoms with Gasteiger partial charge in [0.2, 0.25) is 5.91 Å². The van der Waals surface area contributed by atoms with E-state index in [1.54, 1.807) is 10.7 Å². The van der Waals surface area contributed by atoms with Gasteiger partial charge in [0, 0.05) is 10.9 Å². The number of nitrogens with zero attached hydrogens (tertiary/aromatic N) is 3. The van der Waals surface area contributed by atoms with Gasteiger partial charge in [-0.3, -0.25) is 9.48 Å². The van der Waals surface area contributed by atoms with Crippen LogP contribution < -0.4 is 5.32 Å². The molecule has 5 nitrogen and oxygen atoms in total. The predicted molar refractivity (Wildman–Crippen MR) is 67.4 cm³/mol. The summed E-state index contributed by atoms with van der Waals surface area (Å²) >= 11 is 3.24. The van der Waals surface area contributed by atoms with Crippen LogP contribution in [0.1, 0.15) is 6.42 Å². The molecular weight excluding hydrogens is 303 g/mol. The van der Waals surface area contributed by atoms with Gasteiger partial charge in [0.15, 0.2) is 0 Å². The lowest BCUT2D eigenvalue weighted by molar-refractivity contribution is -0.116. The van der Waals surface area contributed by atoms with Crippen LogP contribution in [-0.4, -0.2) is 20.7 Å². The number of nitrogens with one attached hydrogen (secondary N) is 1. The molecule has 2 aromatic rings. The number of aromatic nitrogens is 3. The first-order valence-corrected chi connectivity index (χ1v) is 6.02. The van der Waals surface area contributed by atoms with Crippen molar-refractivity contribution in [2.75, 3.05) is 5.32 Å². The van der Waals surface area contributed by atoms with Gasteiger partial charge in [-0.05, 0) is 34.1 Å². The Hall–Kier alpha value is -1.76. The zero-order chi connectivity index (χ0) is 13.0. The monoisotopic (exact) mass is 312 g/mol. The molecule has 1 aromatic carbocycles. The van der Waals surface area contributed by atoms with Gasteiger partial charge in [-0.2, -0.15) is 5.10 Å². The summed E-state index contributed by atoms with van der Waals surface area (Å²) in [6, 6.07) is 4.12. The molecule has 0 radical (unpaired) electrons. The maximum Gasteiger partial charge on any atom is 0.226 e. The molecule has 0 saturated heterocycles. The number of hydrogen-bond acceptors (Lipinski definition) is 3. The minimum absolute atomic E-state index is 0.211. The average Bonchev–Trinajstić information content (AvgIpc) is 2.84. The van der Waals surface area contributed by atoms with Crippen molar-refractivity contribution in [2.45, 2.75) is 13.0 Å². The van der Waals surface area contributed by atoms with Gasteiger partial charge >= 0.3 is 0 Å². The Kier molecular flexibility index (Phi) is 4.03. The molecule has 7 heteroatoms. The molecule has 1 aromatic heterocycles. The molecule has 2 rings (SSSR count). The zero-order valence-electron chi connectivity index (χ0n) is 9.31. The first-order chi connectivity index (χ1) is 8.65. The lowest BCUT2D eigenvalue weighted by Gasteiger charge is -2.07. The van der Waals surface area contributed by atoms with Crippen molar-refractivity contribution in [3.8, 4) is 0 Å². The maximum absolute atomic E-state index is 13.0. The van der Waals surface area contributed by atoms with Gasteiger partial charge in [-0.15, -0.1) is 0 Å². The molecular formula is C11H10BrFN4O. The Morgan fingerprint density at radius 3 is 3.06 bits per heavy atom. The molecule has 0 aliphatic rings. The molecule has 0 atom stereocenters. The quantitative estimate of drug-likeness (QED) is 0.941. The Bertz CT molecular complexity index is 544. The summed E-state index contributed by atoms with van der Waals surface area (Å²) in [7, 11) is 0. The second-order valence-corrected chi connectivity index (χ2v) is 4.44. The van der Waals surface area contributed by atoms with E-state index in [0.717, 1.165) is 0 Å². The number of hydrogen-bond donors (Lipinski definition) is 1. The van der Waals surface area contributed by atoms with Gasteiger partial charge in [-0.1, -0.05) is 0 Å². The Morgan fingerprint density at radius 1 is 1.50 bits per heavy atom. The summed E-state index contributed by atoms with van der Waals surface area (Å²) in [5.41, 5.74) is 0.415. The van der Waals surface area contributed by atoms with Gasteiger partial charge in [0.1, 0.15) is 18.5 Å². The molecule has 1 N–H and O–H groups in total. The van der Waals surface area contributed by atoms with Gasteiger partial charge < -0.3 is 5.32 Å². The Morgan fingerprint density at radius 2 is 2.33 bits per heavy atom. The molecule has 0 unspecified atom stereocenters. The van der Waals surface area contributed by atoms with E-state index in [4.69, 9.17) is 0 Å². The second-order valence-electron chi connectivity index (χ2n) is 3.58. The molecule has 0 aliphatic carbocycles. The van der Waals surface area contributed by atoms with Crippen LogP contribution in [0.4, 0.5) is 10.1 Å². The second kappa shape index (κ2) is 5.72. The normalized spacial score (nSPS) is 10.3. The number of carbonyl (C=O) groups is 1. The standard InChI is InChI=1S/C11H10BrFN4O/c12-9-2-1-8(13)5-10(9)16-11(18)3-4-17-7-14-6-15-17/h1-2,5-7H,3-4H2,(H,16,18). The Balaban J connectivity index is 1.92. The largest absolute Gasteiger partial charge is 0.325 e. The number of amides is 1. The van der Waals surface area contributed by atoms with Crippen molar-refractivity contribution in [1.82, 2.24) is 14.8 Å². The smallest absolute Gasteiger partial charge is 0.226 e. The van der Waals surface area contributed by atoms with Crippen LogP contribution in [-0.2, 0) is 11.3 Å². The predicted octanol–water partition coefficient (Wildman–Crippen LogP) is 2.21. The molecule has 94 valence electrons. The molecule has 0 bridgehead atoms. The summed E-state index contributed by atoms with van der Waals surface area (Å²) in [5.74, 6) is -0.610. The van der Waals surface area contributed by atoms with E-state index >= 15 is 0 Å². The highest BCUT2D eigenvalue weighted by atomic mass is 79.9. The lowest BCUT2D eigenvalue weighted by atomic mass is 10.3. The highest BCUT2D eigenvalue weighted by Gasteiger charge is 2.07. The minimum atomic E-state index is -0.398. The number of aryl methyl sites for hydroxylation is 1. The van der Waals surface area contributed by atoms with Gasteiger partial charge in [-0.25, -0.2) is 9.37 Å². The molecule has 18 heavy (non-hydrogen) atoms. The van der Waals surface area contributed by atoms with Crippen molar-refractivity contribution in [3.05, 3.63) is 41.1 Å². The van der Waals surface area contributed by atoms with Crippen LogP contribution in [0.25, 0.3) is 0 Å². The van der Waals surface area contributed by atoms with E-state index in [1.807, 2.05) is 0 Å². The van der Waals surface area contributed by atoms with Crippen molar-refractivity contribution in [1.29, 1.82) is 0 Å². The third-order valence-corrected chi connectivity index (χ3v) is 2.93.